The molecule has 1 aromatic heterocycles. The summed E-state index contributed by atoms with van der Waals surface area (Å²) < 4.78 is 5.96. The first-order chi connectivity index (χ1) is 14.1. The zero-order chi connectivity index (χ0) is 20.4. The van der Waals surface area contributed by atoms with Crippen LogP contribution in [0.1, 0.15) is 37.4 Å². The van der Waals surface area contributed by atoms with E-state index in [4.69, 9.17) is 9.84 Å². The number of hydrogen-bond donors (Lipinski definition) is 1. The van der Waals surface area contributed by atoms with Crippen LogP contribution in [0.3, 0.4) is 0 Å². The number of fused-ring (bicyclic) bond motifs is 4. The van der Waals surface area contributed by atoms with E-state index in [0.717, 1.165) is 42.4 Å². The molecule has 0 aliphatic carbocycles. The van der Waals surface area contributed by atoms with E-state index in [1.807, 2.05) is 36.4 Å². The summed E-state index contributed by atoms with van der Waals surface area (Å²) in [6.45, 7) is 5.89. The summed E-state index contributed by atoms with van der Waals surface area (Å²) in [5, 5.41) is 9.88. The third kappa shape index (κ3) is 4.03. The van der Waals surface area contributed by atoms with Crippen LogP contribution >= 0.6 is 0 Å². The summed E-state index contributed by atoms with van der Waals surface area (Å²) in [7, 11) is 0. The second-order valence-corrected chi connectivity index (χ2v) is 7.97. The van der Waals surface area contributed by atoms with Crippen LogP contribution in [-0.4, -0.2) is 46.1 Å². The molecule has 1 N–H and O–H groups in total. The molecule has 29 heavy (non-hydrogen) atoms. The number of piperidine rings is 3. The molecule has 3 fully saturated rings. The van der Waals surface area contributed by atoms with Gasteiger partial charge in [0.15, 0.2) is 0 Å². The highest BCUT2D eigenvalue weighted by atomic mass is 16.5. The number of aliphatic carboxylic acids is 1. The number of rotatable bonds is 7. The number of hydrogen-bond acceptors (Lipinski definition) is 5. The van der Waals surface area contributed by atoms with Crippen LogP contribution in [-0.2, 0) is 14.3 Å². The van der Waals surface area contributed by atoms with Crippen LogP contribution in [0.25, 0.3) is 10.9 Å². The van der Waals surface area contributed by atoms with Crippen molar-refractivity contribution in [1.82, 2.24) is 9.88 Å². The first-order valence-electron chi connectivity index (χ1n) is 10.2. The normalized spacial score (nSPS) is 26.8. The Morgan fingerprint density at radius 1 is 1.31 bits per heavy atom. The fourth-order valence-corrected chi connectivity index (χ4v) is 4.82. The lowest BCUT2D eigenvalue weighted by molar-refractivity contribution is -0.159. The maximum atomic E-state index is 12.5. The number of carboxylic acids is 1. The lowest BCUT2D eigenvalue weighted by Crippen LogP contribution is -2.55. The van der Waals surface area contributed by atoms with Gasteiger partial charge in [-0.05, 0) is 43.4 Å². The molecule has 1 aromatic carbocycles. The summed E-state index contributed by atoms with van der Waals surface area (Å²) in [4.78, 5) is 30.2. The Morgan fingerprint density at radius 2 is 2.14 bits per heavy atom. The molecule has 3 aliphatic heterocycles. The summed E-state index contributed by atoms with van der Waals surface area (Å²) in [6, 6.07) is 9.84. The molecule has 4 heterocycles. The molecule has 0 amide bonds. The average molecular weight is 394 g/mol. The molecule has 3 saturated heterocycles. The van der Waals surface area contributed by atoms with Gasteiger partial charge in [-0.25, -0.2) is 0 Å². The van der Waals surface area contributed by atoms with Crippen molar-refractivity contribution < 1.29 is 19.4 Å². The molecule has 2 bridgehead atoms. The molecule has 2 aromatic rings. The highest BCUT2D eigenvalue weighted by molar-refractivity contribution is 5.83. The smallest absolute Gasteiger partial charge is 0.307 e. The van der Waals surface area contributed by atoms with Gasteiger partial charge >= 0.3 is 11.9 Å². The van der Waals surface area contributed by atoms with E-state index >= 15 is 0 Å². The van der Waals surface area contributed by atoms with Crippen LogP contribution < -0.4 is 0 Å². The number of esters is 1. The van der Waals surface area contributed by atoms with Crippen LogP contribution in [0.15, 0.2) is 49.2 Å². The molecule has 0 radical (unpaired) electrons. The van der Waals surface area contributed by atoms with Gasteiger partial charge in [-0.1, -0.05) is 24.3 Å². The van der Waals surface area contributed by atoms with Gasteiger partial charge in [0.1, 0.15) is 6.10 Å². The number of benzene rings is 1. The molecule has 0 saturated carbocycles. The van der Waals surface area contributed by atoms with Gasteiger partial charge in [-0.2, -0.15) is 0 Å². The number of aromatic nitrogens is 1. The van der Waals surface area contributed by atoms with Gasteiger partial charge in [0.25, 0.3) is 0 Å². The van der Waals surface area contributed by atoms with Crippen molar-refractivity contribution in [2.75, 3.05) is 13.1 Å². The highest BCUT2D eigenvalue weighted by Gasteiger charge is 2.44. The van der Waals surface area contributed by atoms with Gasteiger partial charge in [0.05, 0.1) is 24.4 Å². The quantitative estimate of drug-likeness (QED) is 0.571. The summed E-state index contributed by atoms with van der Waals surface area (Å²) in [6.07, 6.45) is 5.06. The van der Waals surface area contributed by atoms with E-state index in [1.165, 1.54) is 0 Å². The van der Waals surface area contributed by atoms with E-state index in [2.05, 4.69) is 16.5 Å². The maximum Gasteiger partial charge on any atom is 0.307 e. The Balaban J connectivity index is 1.67. The molecular formula is C23H26N2O4. The molecular weight excluding hydrogens is 368 g/mol. The molecule has 6 heteroatoms. The highest BCUT2D eigenvalue weighted by Crippen LogP contribution is 2.43. The van der Waals surface area contributed by atoms with E-state index in [0.29, 0.717) is 11.8 Å². The number of carboxylic acid groups (broad SMARTS) is 1. The van der Waals surface area contributed by atoms with Crippen LogP contribution in [0, 0.1) is 11.8 Å². The number of pyridine rings is 1. The third-order valence-electron chi connectivity index (χ3n) is 6.29. The zero-order valence-corrected chi connectivity index (χ0v) is 16.4. The van der Waals surface area contributed by atoms with Crippen molar-refractivity contribution in [1.29, 1.82) is 0 Å². The molecule has 5 unspecified atom stereocenters. The largest absolute Gasteiger partial charge is 0.481 e. The standard InChI is InChI=1S/C23H26N2O4/c1-2-15-14-25-12-10-16(15)13-20(25)23(29-22(28)8-7-21(26)27)18-9-11-24-19-6-4-3-5-17(18)19/h2-6,9,11,15-16,20,23H,1,7-8,10,12-14H2,(H,26,27). The van der Waals surface area contributed by atoms with Gasteiger partial charge in [-0.15, -0.1) is 6.58 Å². The predicted molar refractivity (Wildman–Crippen MR) is 109 cm³/mol. The minimum Gasteiger partial charge on any atom is -0.481 e. The third-order valence-corrected chi connectivity index (χ3v) is 6.29. The number of carbonyl (C=O) groups is 2. The van der Waals surface area contributed by atoms with Gasteiger partial charge in [0, 0.05) is 23.7 Å². The fraction of sp³-hybridized carbons (Fsp3) is 0.435. The van der Waals surface area contributed by atoms with Crippen molar-refractivity contribution in [3.8, 4) is 0 Å². The monoisotopic (exact) mass is 394 g/mol. The molecule has 5 atom stereocenters. The maximum absolute atomic E-state index is 12.5. The SMILES string of the molecule is C=CC1CN2CCC1CC2C(OC(=O)CCC(=O)O)c1ccnc2ccccc12. The lowest BCUT2D eigenvalue weighted by Gasteiger charge is -2.51. The Kier molecular flexibility index (Phi) is 5.62. The van der Waals surface area contributed by atoms with E-state index < -0.39 is 18.0 Å². The Bertz CT molecular complexity index is 923. The molecule has 5 rings (SSSR count). The summed E-state index contributed by atoms with van der Waals surface area (Å²) in [5.74, 6) is -0.461. The second kappa shape index (κ2) is 8.33. The number of ether oxygens (including phenoxy) is 1. The van der Waals surface area contributed by atoms with Crippen LogP contribution in [0.2, 0.25) is 0 Å². The van der Waals surface area contributed by atoms with Crippen LogP contribution in [0.5, 0.6) is 0 Å². The summed E-state index contributed by atoms with van der Waals surface area (Å²) >= 11 is 0. The number of carbonyl (C=O) groups excluding carboxylic acids is 1. The van der Waals surface area contributed by atoms with Gasteiger partial charge < -0.3 is 9.84 Å². The first kappa shape index (κ1) is 19.6. The zero-order valence-electron chi connectivity index (χ0n) is 16.4. The molecule has 6 nitrogen and oxygen atoms in total. The lowest BCUT2D eigenvalue weighted by atomic mass is 9.73. The van der Waals surface area contributed by atoms with Gasteiger partial charge in [0.2, 0.25) is 0 Å². The molecule has 3 aliphatic rings. The number of para-hydroxylation sites is 1. The second-order valence-electron chi connectivity index (χ2n) is 7.97. The molecule has 0 spiro atoms. The van der Waals surface area contributed by atoms with Crippen LogP contribution in [0.4, 0.5) is 0 Å². The van der Waals surface area contributed by atoms with Crippen molar-refractivity contribution in [3.05, 3.63) is 54.7 Å². The topological polar surface area (TPSA) is 79.7 Å². The van der Waals surface area contributed by atoms with E-state index in [-0.39, 0.29) is 18.9 Å². The summed E-state index contributed by atoms with van der Waals surface area (Å²) in [5.41, 5.74) is 1.79. The van der Waals surface area contributed by atoms with Crippen molar-refractivity contribution in [2.45, 2.75) is 37.8 Å². The molecule has 152 valence electrons. The van der Waals surface area contributed by atoms with Crippen molar-refractivity contribution in [2.24, 2.45) is 11.8 Å². The number of nitrogens with zero attached hydrogens (tertiary/aromatic N) is 2. The van der Waals surface area contributed by atoms with E-state index in [1.54, 1.807) is 6.20 Å². The average Bonchev–Trinajstić information content (AvgIpc) is 2.76. The van der Waals surface area contributed by atoms with Crippen molar-refractivity contribution in [3.63, 3.8) is 0 Å². The Labute approximate surface area is 170 Å². The van der Waals surface area contributed by atoms with Crippen molar-refractivity contribution >= 4 is 22.8 Å². The minimum absolute atomic E-state index is 0.0736. The Morgan fingerprint density at radius 3 is 2.86 bits per heavy atom. The van der Waals surface area contributed by atoms with E-state index in [9.17, 15) is 9.59 Å². The minimum atomic E-state index is -0.998. The predicted octanol–water partition coefficient (Wildman–Crippen LogP) is 3.58. The first-order valence-corrected chi connectivity index (χ1v) is 10.2. The van der Waals surface area contributed by atoms with Gasteiger partial charge in [-0.3, -0.25) is 19.5 Å². The fourth-order valence-electron chi connectivity index (χ4n) is 4.82. The Hall–Kier alpha value is -2.73.